The standard InChI is InChI=1S/C13H25N3O3S/c1-5-7-14-13(20)15-8-6-10(17)16(4)11(9(2)3)12(18)19/h9,11H,5-8H2,1-4H3,(H,18,19)(H2,14,15,20)/t11-/m0/s1. The highest BCUT2D eigenvalue weighted by Gasteiger charge is 2.28. The van der Waals surface area contributed by atoms with E-state index in [0.29, 0.717) is 11.7 Å². The predicted octanol–water partition coefficient (Wildman–Crippen LogP) is 0.818. The second kappa shape index (κ2) is 9.52. The number of rotatable bonds is 8. The van der Waals surface area contributed by atoms with Gasteiger partial charge in [0.25, 0.3) is 0 Å². The summed E-state index contributed by atoms with van der Waals surface area (Å²) in [6.45, 7) is 6.78. The van der Waals surface area contributed by atoms with Gasteiger partial charge < -0.3 is 20.6 Å². The summed E-state index contributed by atoms with van der Waals surface area (Å²) in [4.78, 5) is 24.4. The summed E-state index contributed by atoms with van der Waals surface area (Å²) >= 11 is 5.03. The largest absolute Gasteiger partial charge is 0.480 e. The minimum atomic E-state index is -0.982. The number of carboxylic acid groups (broad SMARTS) is 1. The molecule has 0 rings (SSSR count). The molecule has 20 heavy (non-hydrogen) atoms. The molecule has 0 aromatic rings. The van der Waals surface area contributed by atoms with Crippen LogP contribution in [0.3, 0.4) is 0 Å². The smallest absolute Gasteiger partial charge is 0.326 e. The summed E-state index contributed by atoms with van der Waals surface area (Å²) in [5, 5.41) is 15.6. The van der Waals surface area contributed by atoms with E-state index in [0.717, 1.165) is 13.0 Å². The van der Waals surface area contributed by atoms with E-state index in [9.17, 15) is 9.59 Å². The molecule has 0 aliphatic heterocycles. The molecule has 0 saturated heterocycles. The van der Waals surface area contributed by atoms with Crippen LogP contribution in [0, 0.1) is 5.92 Å². The number of amides is 1. The quantitative estimate of drug-likeness (QED) is 0.576. The first kappa shape index (κ1) is 18.6. The van der Waals surface area contributed by atoms with Crippen molar-refractivity contribution in [3.05, 3.63) is 0 Å². The van der Waals surface area contributed by atoms with E-state index in [1.54, 1.807) is 13.8 Å². The van der Waals surface area contributed by atoms with Crippen LogP contribution in [0.25, 0.3) is 0 Å². The van der Waals surface area contributed by atoms with Crippen molar-refractivity contribution < 1.29 is 14.7 Å². The number of carbonyl (C=O) groups is 2. The maximum absolute atomic E-state index is 11.9. The van der Waals surface area contributed by atoms with Crippen molar-refractivity contribution in [3.63, 3.8) is 0 Å². The number of thiocarbonyl (C=S) groups is 1. The number of aliphatic carboxylic acids is 1. The first-order valence-electron chi connectivity index (χ1n) is 6.81. The van der Waals surface area contributed by atoms with Gasteiger partial charge in [0.15, 0.2) is 5.11 Å². The Balaban J connectivity index is 4.20. The maximum Gasteiger partial charge on any atom is 0.326 e. The maximum atomic E-state index is 11.9. The molecule has 1 amide bonds. The molecule has 0 heterocycles. The van der Waals surface area contributed by atoms with Crippen LogP contribution in [0.5, 0.6) is 0 Å². The van der Waals surface area contributed by atoms with Gasteiger partial charge in [-0.3, -0.25) is 4.79 Å². The molecule has 6 nitrogen and oxygen atoms in total. The van der Waals surface area contributed by atoms with E-state index in [1.807, 2.05) is 6.92 Å². The molecule has 0 aromatic heterocycles. The van der Waals surface area contributed by atoms with E-state index in [1.165, 1.54) is 11.9 Å². The van der Waals surface area contributed by atoms with Gasteiger partial charge in [-0.2, -0.15) is 0 Å². The zero-order valence-corrected chi connectivity index (χ0v) is 13.4. The number of likely N-dealkylation sites (N-methyl/N-ethyl adjacent to an activating group) is 1. The van der Waals surface area contributed by atoms with Gasteiger partial charge in [0.05, 0.1) is 0 Å². The van der Waals surface area contributed by atoms with E-state index in [4.69, 9.17) is 17.3 Å². The van der Waals surface area contributed by atoms with Crippen molar-refractivity contribution in [1.82, 2.24) is 15.5 Å². The zero-order chi connectivity index (χ0) is 15.7. The number of hydrogen-bond acceptors (Lipinski definition) is 3. The summed E-state index contributed by atoms with van der Waals surface area (Å²) in [5.74, 6) is -1.33. The second-order valence-corrected chi connectivity index (χ2v) is 5.37. The van der Waals surface area contributed by atoms with Gasteiger partial charge in [-0.1, -0.05) is 20.8 Å². The van der Waals surface area contributed by atoms with Gasteiger partial charge in [-0.25, -0.2) is 4.79 Å². The summed E-state index contributed by atoms with van der Waals surface area (Å²) in [5.41, 5.74) is 0. The predicted molar refractivity (Wildman–Crippen MR) is 82.5 cm³/mol. The van der Waals surface area contributed by atoms with Crippen LogP contribution in [-0.4, -0.2) is 53.2 Å². The fraction of sp³-hybridized carbons (Fsp3) is 0.769. The molecule has 0 bridgehead atoms. The molecule has 3 N–H and O–H groups in total. The second-order valence-electron chi connectivity index (χ2n) is 4.96. The Morgan fingerprint density at radius 2 is 1.80 bits per heavy atom. The van der Waals surface area contributed by atoms with Crippen molar-refractivity contribution in [2.24, 2.45) is 5.92 Å². The van der Waals surface area contributed by atoms with Crippen molar-refractivity contribution in [3.8, 4) is 0 Å². The van der Waals surface area contributed by atoms with Gasteiger partial charge in [-0.15, -0.1) is 0 Å². The van der Waals surface area contributed by atoms with Gasteiger partial charge in [0, 0.05) is 26.6 Å². The molecule has 0 fully saturated rings. The molecule has 0 aliphatic carbocycles. The highest BCUT2D eigenvalue weighted by Crippen LogP contribution is 2.10. The Bertz CT molecular complexity index is 348. The molecule has 7 heteroatoms. The lowest BCUT2D eigenvalue weighted by Crippen LogP contribution is -2.46. The van der Waals surface area contributed by atoms with Gasteiger partial charge in [0.2, 0.25) is 5.91 Å². The van der Waals surface area contributed by atoms with Crippen LogP contribution in [0.4, 0.5) is 0 Å². The van der Waals surface area contributed by atoms with Crippen LogP contribution >= 0.6 is 12.2 Å². The number of hydrogen-bond donors (Lipinski definition) is 3. The van der Waals surface area contributed by atoms with Crippen molar-refractivity contribution in [1.29, 1.82) is 0 Å². The minimum Gasteiger partial charge on any atom is -0.480 e. The Kier molecular flexibility index (Phi) is 8.87. The van der Waals surface area contributed by atoms with Gasteiger partial charge >= 0.3 is 5.97 Å². The average molecular weight is 303 g/mol. The molecule has 0 saturated carbocycles. The Hall–Kier alpha value is -1.37. The van der Waals surface area contributed by atoms with Gasteiger partial charge in [-0.05, 0) is 24.6 Å². The van der Waals surface area contributed by atoms with Crippen molar-refractivity contribution >= 4 is 29.2 Å². The summed E-state index contributed by atoms with van der Waals surface area (Å²) < 4.78 is 0. The number of carbonyl (C=O) groups excluding carboxylic acids is 1. The van der Waals surface area contributed by atoms with Crippen LogP contribution in [0.1, 0.15) is 33.6 Å². The molecular weight excluding hydrogens is 278 g/mol. The summed E-state index contributed by atoms with van der Waals surface area (Å²) in [6.07, 6.45) is 1.18. The molecular formula is C13H25N3O3S. The van der Waals surface area contributed by atoms with Crippen LogP contribution in [0.2, 0.25) is 0 Å². The number of nitrogens with one attached hydrogen (secondary N) is 2. The Labute approximate surface area is 125 Å². The molecule has 0 unspecified atom stereocenters. The topological polar surface area (TPSA) is 81.7 Å². The average Bonchev–Trinajstić information content (AvgIpc) is 2.35. The highest BCUT2D eigenvalue weighted by molar-refractivity contribution is 7.80. The third kappa shape index (κ3) is 6.70. The fourth-order valence-electron chi connectivity index (χ4n) is 1.81. The van der Waals surface area contributed by atoms with Crippen molar-refractivity contribution in [2.45, 2.75) is 39.7 Å². The minimum absolute atomic E-state index is 0.137. The Morgan fingerprint density at radius 1 is 1.25 bits per heavy atom. The van der Waals surface area contributed by atoms with Crippen molar-refractivity contribution in [2.75, 3.05) is 20.1 Å². The first-order chi connectivity index (χ1) is 9.31. The molecule has 0 aromatic carbocycles. The molecule has 0 spiro atoms. The van der Waals surface area contributed by atoms with Crippen LogP contribution in [0.15, 0.2) is 0 Å². The third-order valence-corrected chi connectivity index (χ3v) is 3.14. The summed E-state index contributed by atoms with van der Waals surface area (Å²) in [7, 11) is 1.52. The highest BCUT2D eigenvalue weighted by atomic mass is 32.1. The third-order valence-electron chi connectivity index (χ3n) is 2.86. The normalized spacial score (nSPS) is 11.8. The van der Waals surface area contributed by atoms with E-state index < -0.39 is 12.0 Å². The SMILES string of the molecule is CCCNC(=S)NCCC(=O)N(C)[C@H](C(=O)O)C(C)C. The van der Waals surface area contributed by atoms with Crippen LogP contribution < -0.4 is 10.6 Å². The lowest BCUT2D eigenvalue weighted by molar-refractivity contribution is -0.150. The van der Waals surface area contributed by atoms with E-state index >= 15 is 0 Å². The van der Waals surface area contributed by atoms with Gasteiger partial charge in [0.1, 0.15) is 6.04 Å². The van der Waals surface area contributed by atoms with E-state index in [-0.39, 0.29) is 18.2 Å². The lowest BCUT2D eigenvalue weighted by atomic mass is 10.0. The summed E-state index contributed by atoms with van der Waals surface area (Å²) in [6, 6.07) is -0.798. The lowest BCUT2D eigenvalue weighted by Gasteiger charge is -2.27. The molecule has 1 atom stereocenters. The van der Waals surface area contributed by atoms with E-state index in [2.05, 4.69) is 10.6 Å². The number of carboxylic acids is 1. The fourth-order valence-corrected chi connectivity index (χ4v) is 2.02. The van der Waals surface area contributed by atoms with Crippen LogP contribution in [-0.2, 0) is 9.59 Å². The zero-order valence-electron chi connectivity index (χ0n) is 12.6. The first-order valence-corrected chi connectivity index (χ1v) is 7.22. The Morgan fingerprint density at radius 3 is 2.25 bits per heavy atom. The monoisotopic (exact) mass is 303 g/mol. The molecule has 0 radical (unpaired) electrons. The molecule has 0 aliphatic rings. The number of nitrogens with zero attached hydrogens (tertiary/aromatic N) is 1. The molecule has 116 valence electrons.